The summed E-state index contributed by atoms with van der Waals surface area (Å²) in [5.74, 6) is -0.519. The van der Waals surface area contributed by atoms with Crippen molar-refractivity contribution in [1.82, 2.24) is 5.32 Å². The number of carbonyl (C=O) groups excluding carboxylic acids is 1. The van der Waals surface area contributed by atoms with Crippen LogP contribution in [-0.2, 0) is 25.4 Å². The van der Waals surface area contributed by atoms with Gasteiger partial charge in [0.15, 0.2) is 9.84 Å². The Bertz CT molecular complexity index is 567. The summed E-state index contributed by atoms with van der Waals surface area (Å²) in [4.78, 5) is 11.9. The lowest BCUT2D eigenvalue weighted by Crippen LogP contribution is -2.32. The van der Waals surface area contributed by atoms with Gasteiger partial charge in [-0.2, -0.15) is 0 Å². The molecule has 1 aromatic rings. The van der Waals surface area contributed by atoms with E-state index in [0.717, 1.165) is 6.26 Å². The Hall–Kier alpha value is -1.25. The van der Waals surface area contributed by atoms with Crippen LogP contribution in [0.25, 0.3) is 0 Å². The molecule has 8 heteroatoms. The minimum absolute atomic E-state index is 0.154. The fraction of sp³-hybridized carbons (Fsp3) is 0.364. The van der Waals surface area contributed by atoms with Crippen LogP contribution in [0.2, 0.25) is 0 Å². The standard InChI is InChI=1S/C11H16N2O4S2/c1-19(16,17)10-4-2-9(3-5-10)18(15)8-11(14)13-7-6-12/h2-5H,6-8,12H2,1H3,(H,13,14). The number of nitrogens with one attached hydrogen (secondary N) is 1. The lowest BCUT2D eigenvalue weighted by molar-refractivity contribution is -0.118. The largest absolute Gasteiger partial charge is 0.354 e. The van der Waals surface area contributed by atoms with Crippen LogP contribution in [0.1, 0.15) is 0 Å². The third-order valence-corrected chi connectivity index (χ3v) is 4.69. The molecule has 1 unspecified atom stereocenters. The molecule has 0 aliphatic rings. The van der Waals surface area contributed by atoms with Crippen molar-refractivity contribution in [3.8, 4) is 0 Å². The van der Waals surface area contributed by atoms with Gasteiger partial charge in [-0.1, -0.05) is 0 Å². The molecule has 19 heavy (non-hydrogen) atoms. The first kappa shape index (κ1) is 15.8. The maximum Gasteiger partial charge on any atom is 0.233 e. The highest BCUT2D eigenvalue weighted by Gasteiger charge is 2.11. The number of amides is 1. The molecular weight excluding hydrogens is 288 g/mol. The first-order valence-corrected chi connectivity index (χ1v) is 8.71. The zero-order chi connectivity index (χ0) is 14.5. The van der Waals surface area contributed by atoms with Gasteiger partial charge in [-0.15, -0.1) is 0 Å². The maximum absolute atomic E-state index is 11.8. The topological polar surface area (TPSA) is 106 Å². The number of hydrogen-bond acceptors (Lipinski definition) is 5. The smallest absolute Gasteiger partial charge is 0.233 e. The zero-order valence-electron chi connectivity index (χ0n) is 10.5. The van der Waals surface area contributed by atoms with E-state index in [-0.39, 0.29) is 16.6 Å². The highest BCUT2D eigenvalue weighted by molar-refractivity contribution is 7.90. The van der Waals surface area contributed by atoms with E-state index in [1.807, 2.05) is 0 Å². The van der Waals surface area contributed by atoms with E-state index in [1.54, 1.807) is 0 Å². The Morgan fingerprint density at radius 2 is 1.89 bits per heavy atom. The first-order valence-electron chi connectivity index (χ1n) is 5.50. The molecule has 1 atom stereocenters. The second kappa shape index (κ2) is 6.78. The third kappa shape index (κ3) is 5.09. The van der Waals surface area contributed by atoms with Crippen LogP contribution in [0.5, 0.6) is 0 Å². The van der Waals surface area contributed by atoms with Gasteiger partial charge >= 0.3 is 0 Å². The molecule has 106 valence electrons. The van der Waals surface area contributed by atoms with Crippen molar-refractivity contribution in [2.75, 3.05) is 25.1 Å². The molecule has 0 radical (unpaired) electrons. The monoisotopic (exact) mass is 304 g/mol. The average molecular weight is 304 g/mol. The van der Waals surface area contributed by atoms with Crippen molar-refractivity contribution in [2.24, 2.45) is 5.73 Å². The Labute approximate surface area is 114 Å². The Morgan fingerprint density at radius 3 is 2.37 bits per heavy atom. The quantitative estimate of drug-likeness (QED) is 0.721. The Morgan fingerprint density at radius 1 is 1.32 bits per heavy atom. The molecule has 0 saturated carbocycles. The van der Waals surface area contributed by atoms with Crippen LogP contribution in [0.4, 0.5) is 0 Å². The van der Waals surface area contributed by atoms with Gasteiger partial charge in [0.2, 0.25) is 5.91 Å². The van der Waals surface area contributed by atoms with Gasteiger partial charge in [0.1, 0.15) is 5.75 Å². The number of rotatable bonds is 6. The molecule has 0 spiro atoms. The molecule has 0 aromatic heterocycles. The van der Waals surface area contributed by atoms with Crippen molar-refractivity contribution in [3.63, 3.8) is 0 Å². The highest BCUT2D eigenvalue weighted by atomic mass is 32.2. The molecule has 1 amide bonds. The van der Waals surface area contributed by atoms with E-state index in [2.05, 4.69) is 5.32 Å². The summed E-state index contributed by atoms with van der Waals surface area (Å²) in [6.45, 7) is 0.657. The molecule has 1 aromatic carbocycles. The van der Waals surface area contributed by atoms with E-state index < -0.39 is 20.6 Å². The van der Waals surface area contributed by atoms with E-state index in [1.165, 1.54) is 24.3 Å². The zero-order valence-corrected chi connectivity index (χ0v) is 12.1. The van der Waals surface area contributed by atoms with Gasteiger partial charge in [0.25, 0.3) is 0 Å². The predicted molar refractivity (Wildman–Crippen MR) is 72.9 cm³/mol. The molecule has 1 rings (SSSR count). The summed E-state index contributed by atoms with van der Waals surface area (Å²) in [6.07, 6.45) is 1.10. The van der Waals surface area contributed by atoms with Gasteiger partial charge in [-0.3, -0.25) is 9.00 Å². The Balaban J connectivity index is 2.71. The van der Waals surface area contributed by atoms with Gasteiger partial charge in [-0.25, -0.2) is 8.42 Å². The highest BCUT2D eigenvalue weighted by Crippen LogP contribution is 2.13. The average Bonchev–Trinajstić information content (AvgIpc) is 2.35. The third-order valence-electron chi connectivity index (χ3n) is 2.24. The minimum atomic E-state index is -3.27. The van der Waals surface area contributed by atoms with E-state index >= 15 is 0 Å². The number of nitrogens with two attached hydrogens (primary N) is 1. The number of carbonyl (C=O) groups is 1. The molecule has 0 aliphatic carbocycles. The van der Waals surface area contributed by atoms with Crippen LogP contribution >= 0.6 is 0 Å². The van der Waals surface area contributed by atoms with Gasteiger partial charge < -0.3 is 11.1 Å². The summed E-state index contributed by atoms with van der Waals surface area (Å²) < 4.78 is 34.4. The summed E-state index contributed by atoms with van der Waals surface area (Å²) >= 11 is 0. The van der Waals surface area contributed by atoms with Crippen molar-refractivity contribution in [3.05, 3.63) is 24.3 Å². The van der Waals surface area contributed by atoms with Gasteiger partial charge in [0, 0.05) is 24.2 Å². The normalized spacial score (nSPS) is 12.9. The van der Waals surface area contributed by atoms with E-state index in [0.29, 0.717) is 18.0 Å². The molecule has 6 nitrogen and oxygen atoms in total. The predicted octanol–water partition coefficient (Wildman–Crippen LogP) is -0.727. The molecule has 0 saturated heterocycles. The minimum Gasteiger partial charge on any atom is -0.354 e. The lowest BCUT2D eigenvalue weighted by Gasteiger charge is -2.04. The fourth-order valence-electron chi connectivity index (χ4n) is 1.30. The summed E-state index contributed by atoms with van der Waals surface area (Å²) in [6, 6.07) is 5.64. The lowest BCUT2D eigenvalue weighted by atomic mass is 10.4. The Kier molecular flexibility index (Phi) is 5.64. The van der Waals surface area contributed by atoms with Crippen LogP contribution in [0, 0.1) is 0 Å². The van der Waals surface area contributed by atoms with Crippen LogP contribution in [-0.4, -0.2) is 43.6 Å². The fourth-order valence-corrected chi connectivity index (χ4v) is 2.88. The summed E-state index contributed by atoms with van der Waals surface area (Å²) in [5, 5.41) is 2.52. The molecule has 3 N–H and O–H groups in total. The van der Waals surface area contributed by atoms with Crippen LogP contribution in [0.3, 0.4) is 0 Å². The molecular formula is C11H16N2O4S2. The molecule has 0 fully saturated rings. The van der Waals surface area contributed by atoms with Crippen LogP contribution in [0.15, 0.2) is 34.1 Å². The molecule has 0 heterocycles. The van der Waals surface area contributed by atoms with E-state index in [9.17, 15) is 17.4 Å². The van der Waals surface area contributed by atoms with E-state index in [4.69, 9.17) is 5.73 Å². The molecule has 0 bridgehead atoms. The second-order valence-corrected chi connectivity index (χ2v) is 7.34. The summed E-state index contributed by atoms with van der Waals surface area (Å²) in [7, 11) is -4.77. The van der Waals surface area contributed by atoms with Crippen molar-refractivity contribution < 1.29 is 17.4 Å². The van der Waals surface area contributed by atoms with Gasteiger partial charge in [0.05, 0.1) is 15.7 Å². The second-order valence-electron chi connectivity index (χ2n) is 3.87. The number of hydrogen-bond donors (Lipinski definition) is 2. The maximum atomic E-state index is 11.8. The van der Waals surface area contributed by atoms with Crippen molar-refractivity contribution in [2.45, 2.75) is 9.79 Å². The van der Waals surface area contributed by atoms with Crippen molar-refractivity contribution in [1.29, 1.82) is 0 Å². The number of benzene rings is 1. The first-order chi connectivity index (χ1) is 8.84. The van der Waals surface area contributed by atoms with Crippen molar-refractivity contribution >= 4 is 26.5 Å². The SMILES string of the molecule is CS(=O)(=O)c1ccc(S(=O)CC(=O)NCCN)cc1. The number of sulfone groups is 1. The molecule has 0 aliphatic heterocycles. The van der Waals surface area contributed by atoms with Gasteiger partial charge in [-0.05, 0) is 24.3 Å². The van der Waals surface area contributed by atoms with Crippen LogP contribution < -0.4 is 11.1 Å². The summed E-state index contributed by atoms with van der Waals surface area (Å²) in [5.41, 5.74) is 5.23.